The summed E-state index contributed by atoms with van der Waals surface area (Å²) in [6, 6.07) is 13.1. The van der Waals surface area contributed by atoms with Crippen molar-refractivity contribution in [2.45, 2.75) is 13.0 Å². The normalized spacial score (nSPS) is 13.5. The molecular weight excluding hydrogens is 492 g/mol. The molecule has 0 aliphatic carbocycles. The van der Waals surface area contributed by atoms with Crippen molar-refractivity contribution in [3.05, 3.63) is 71.3 Å². The first-order chi connectivity index (χ1) is 17.9. The number of methoxy groups -OCH3 is 1. The summed E-state index contributed by atoms with van der Waals surface area (Å²) in [5, 5.41) is 4.49. The highest BCUT2D eigenvalue weighted by atomic mass is 35.5. The van der Waals surface area contributed by atoms with Crippen LogP contribution in [-0.4, -0.2) is 73.7 Å². The first-order valence-corrected chi connectivity index (χ1v) is 12.6. The SMILES string of the molecule is C=CCCOC(=O)N1CCN(C(=O)c2ccc3c(Cl)cc(-c4ccc(OC)c(CNC)c4)nc3c2)CC1. The van der Waals surface area contributed by atoms with Gasteiger partial charge in [0.05, 0.1) is 29.9 Å². The van der Waals surface area contributed by atoms with Gasteiger partial charge in [0.15, 0.2) is 0 Å². The minimum atomic E-state index is -0.359. The van der Waals surface area contributed by atoms with Gasteiger partial charge in [-0.25, -0.2) is 9.78 Å². The van der Waals surface area contributed by atoms with Crippen molar-refractivity contribution >= 4 is 34.5 Å². The Labute approximate surface area is 221 Å². The molecule has 3 aromatic rings. The highest BCUT2D eigenvalue weighted by Crippen LogP contribution is 2.31. The number of piperazine rings is 1. The Balaban J connectivity index is 1.53. The summed E-state index contributed by atoms with van der Waals surface area (Å²) < 4.78 is 10.7. The maximum atomic E-state index is 13.3. The van der Waals surface area contributed by atoms with Crippen LogP contribution in [0.5, 0.6) is 5.75 Å². The first-order valence-electron chi connectivity index (χ1n) is 12.2. The minimum absolute atomic E-state index is 0.106. The van der Waals surface area contributed by atoms with Crippen molar-refractivity contribution in [2.75, 3.05) is 46.9 Å². The number of nitrogens with one attached hydrogen (secondary N) is 1. The van der Waals surface area contributed by atoms with Gasteiger partial charge < -0.3 is 24.6 Å². The Bertz CT molecular complexity index is 1300. The van der Waals surface area contributed by atoms with E-state index in [1.165, 1.54) is 0 Å². The molecule has 1 N–H and O–H groups in total. The van der Waals surface area contributed by atoms with Crippen LogP contribution in [-0.2, 0) is 11.3 Å². The maximum absolute atomic E-state index is 13.3. The van der Waals surface area contributed by atoms with Crippen LogP contribution in [0, 0.1) is 0 Å². The van der Waals surface area contributed by atoms with E-state index in [0.29, 0.717) is 67.5 Å². The molecule has 2 heterocycles. The molecule has 1 aliphatic rings. The molecule has 8 nitrogen and oxygen atoms in total. The molecule has 1 saturated heterocycles. The number of nitrogens with zero attached hydrogens (tertiary/aromatic N) is 3. The van der Waals surface area contributed by atoms with Crippen molar-refractivity contribution in [1.82, 2.24) is 20.1 Å². The molecule has 0 atom stereocenters. The second kappa shape index (κ2) is 12.1. The smallest absolute Gasteiger partial charge is 0.409 e. The monoisotopic (exact) mass is 522 g/mol. The lowest BCUT2D eigenvalue weighted by atomic mass is 10.0. The topological polar surface area (TPSA) is 84.0 Å². The van der Waals surface area contributed by atoms with E-state index < -0.39 is 0 Å². The molecule has 0 bridgehead atoms. The highest BCUT2D eigenvalue weighted by Gasteiger charge is 2.26. The number of fused-ring (bicyclic) bond motifs is 1. The van der Waals surface area contributed by atoms with E-state index in [0.717, 1.165) is 22.3 Å². The van der Waals surface area contributed by atoms with Gasteiger partial charge in [0.2, 0.25) is 0 Å². The number of pyridine rings is 1. The lowest BCUT2D eigenvalue weighted by Gasteiger charge is -2.34. The van der Waals surface area contributed by atoms with Crippen molar-refractivity contribution < 1.29 is 19.1 Å². The summed E-state index contributed by atoms with van der Waals surface area (Å²) in [4.78, 5) is 33.6. The van der Waals surface area contributed by atoms with Crippen molar-refractivity contribution in [2.24, 2.45) is 0 Å². The van der Waals surface area contributed by atoms with Gasteiger partial charge in [0.25, 0.3) is 5.91 Å². The first kappa shape index (κ1) is 26.4. The number of rotatable bonds is 8. The van der Waals surface area contributed by atoms with Crippen LogP contribution >= 0.6 is 11.6 Å². The van der Waals surface area contributed by atoms with Crippen LogP contribution < -0.4 is 10.1 Å². The van der Waals surface area contributed by atoms with Gasteiger partial charge in [-0.15, -0.1) is 6.58 Å². The van der Waals surface area contributed by atoms with Gasteiger partial charge in [-0.2, -0.15) is 0 Å². The standard InChI is InChI=1S/C28H31ClN4O4/c1-4-5-14-37-28(35)33-12-10-32(11-13-33)27(34)20-6-8-22-23(29)17-24(31-25(22)16-20)19-7-9-26(36-3)21(15-19)18-30-2/h4,6-9,15-17,30H,1,5,10-14,18H2,2-3H3. The zero-order chi connectivity index (χ0) is 26.4. The summed E-state index contributed by atoms with van der Waals surface area (Å²) in [5.41, 5.74) is 3.80. The van der Waals surface area contributed by atoms with E-state index in [-0.39, 0.29) is 12.0 Å². The molecule has 1 fully saturated rings. The van der Waals surface area contributed by atoms with E-state index in [2.05, 4.69) is 11.9 Å². The van der Waals surface area contributed by atoms with Crippen LogP contribution in [0.25, 0.3) is 22.2 Å². The third kappa shape index (κ3) is 6.03. The van der Waals surface area contributed by atoms with Gasteiger partial charge in [-0.1, -0.05) is 23.7 Å². The van der Waals surface area contributed by atoms with Crippen molar-refractivity contribution in [1.29, 1.82) is 0 Å². The number of ether oxygens (including phenoxy) is 2. The average molecular weight is 523 g/mol. The molecule has 1 aromatic heterocycles. The van der Waals surface area contributed by atoms with Crippen LogP contribution in [0.4, 0.5) is 4.79 Å². The Hall–Kier alpha value is -3.62. The number of benzene rings is 2. The summed E-state index contributed by atoms with van der Waals surface area (Å²) in [6.45, 7) is 6.29. The molecule has 0 saturated carbocycles. The summed E-state index contributed by atoms with van der Waals surface area (Å²) in [5.74, 6) is 0.689. The van der Waals surface area contributed by atoms with Crippen molar-refractivity contribution in [3.63, 3.8) is 0 Å². The average Bonchev–Trinajstić information content (AvgIpc) is 2.92. The fourth-order valence-electron chi connectivity index (χ4n) is 4.33. The number of carbonyl (C=O) groups is 2. The van der Waals surface area contributed by atoms with E-state index in [4.69, 9.17) is 26.1 Å². The number of hydrogen-bond donors (Lipinski definition) is 1. The van der Waals surface area contributed by atoms with Crippen LogP contribution in [0.15, 0.2) is 55.1 Å². The van der Waals surface area contributed by atoms with E-state index in [9.17, 15) is 9.59 Å². The number of aromatic nitrogens is 1. The number of carbonyl (C=O) groups excluding carboxylic acids is 2. The summed E-state index contributed by atoms with van der Waals surface area (Å²) in [6.07, 6.45) is 1.96. The third-order valence-electron chi connectivity index (χ3n) is 6.32. The largest absolute Gasteiger partial charge is 0.496 e. The zero-order valence-corrected chi connectivity index (χ0v) is 21.9. The van der Waals surface area contributed by atoms with Gasteiger partial charge in [-0.3, -0.25) is 4.79 Å². The molecule has 0 spiro atoms. The Morgan fingerprint density at radius 2 is 1.86 bits per heavy atom. The second-order valence-electron chi connectivity index (χ2n) is 8.75. The minimum Gasteiger partial charge on any atom is -0.496 e. The molecule has 194 valence electrons. The fourth-order valence-corrected chi connectivity index (χ4v) is 4.59. The van der Waals surface area contributed by atoms with Crippen LogP contribution in [0.1, 0.15) is 22.3 Å². The highest BCUT2D eigenvalue weighted by molar-refractivity contribution is 6.35. The van der Waals surface area contributed by atoms with E-state index >= 15 is 0 Å². The molecule has 9 heteroatoms. The second-order valence-corrected chi connectivity index (χ2v) is 9.16. The van der Waals surface area contributed by atoms with Crippen LogP contribution in [0.3, 0.4) is 0 Å². The third-order valence-corrected chi connectivity index (χ3v) is 6.64. The molecular formula is C28H31ClN4O4. The molecule has 2 amide bonds. The van der Waals surface area contributed by atoms with E-state index in [1.807, 2.05) is 37.4 Å². The lowest BCUT2D eigenvalue weighted by molar-refractivity contribution is 0.0564. The molecule has 0 unspecified atom stereocenters. The molecule has 1 aliphatic heterocycles. The van der Waals surface area contributed by atoms with E-state index in [1.54, 1.807) is 35.1 Å². The summed E-state index contributed by atoms with van der Waals surface area (Å²) in [7, 11) is 3.53. The Morgan fingerprint density at radius 3 is 2.57 bits per heavy atom. The number of halogens is 1. The van der Waals surface area contributed by atoms with Crippen LogP contribution in [0.2, 0.25) is 5.02 Å². The van der Waals surface area contributed by atoms with Crippen molar-refractivity contribution in [3.8, 4) is 17.0 Å². The Kier molecular flexibility index (Phi) is 8.63. The molecule has 37 heavy (non-hydrogen) atoms. The lowest BCUT2D eigenvalue weighted by Crippen LogP contribution is -2.50. The fraction of sp³-hybridized carbons (Fsp3) is 0.321. The molecule has 0 radical (unpaired) electrons. The van der Waals surface area contributed by atoms with Gasteiger partial charge in [0.1, 0.15) is 5.75 Å². The predicted octanol–water partition coefficient (Wildman–Crippen LogP) is 4.75. The number of hydrogen-bond acceptors (Lipinski definition) is 6. The Morgan fingerprint density at radius 1 is 1.11 bits per heavy atom. The van der Waals surface area contributed by atoms with Gasteiger partial charge in [0, 0.05) is 54.8 Å². The number of amides is 2. The van der Waals surface area contributed by atoms with Gasteiger partial charge >= 0.3 is 6.09 Å². The molecule has 2 aromatic carbocycles. The quantitative estimate of drug-likeness (QED) is 0.339. The molecule has 4 rings (SSSR count). The maximum Gasteiger partial charge on any atom is 0.409 e. The van der Waals surface area contributed by atoms with Gasteiger partial charge in [-0.05, 0) is 49.9 Å². The summed E-state index contributed by atoms with van der Waals surface area (Å²) >= 11 is 6.62. The predicted molar refractivity (Wildman–Crippen MR) is 145 cm³/mol. The zero-order valence-electron chi connectivity index (χ0n) is 21.1.